The van der Waals surface area contributed by atoms with Crippen LogP contribution in [0.15, 0.2) is 16.6 Å². The van der Waals surface area contributed by atoms with Gasteiger partial charge in [-0.25, -0.2) is 13.8 Å². The summed E-state index contributed by atoms with van der Waals surface area (Å²) in [4.78, 5) is 4.14. The molecule has 0 saturated carbocycles. The lowest BCUT2D eigenvalue weighted by Crippen LogP contribution is -2.10. The zero-order valence-electron chi connectivity index (χ0n) is 9.73. The molecule has 3 N–H and O–H groups in total. The number of nitrogens with zero attached hydrogens (tertiary/aromatic N) is 1. The molecule has 18 heavy (non-hydrogen) atoms. The number of hydrogen-bond acceptors (Lipinski definition) is 3. The monoisotopic (exact) mass is 315 g/mol. The van der Waals surface area contributed by atoms with Crippen molar-refractivity contribution in [2.24, 2.45) is 5.84 Å². The van der Waals surface area contributed by atoms with E-state index in [1.165, 1.54) is 0 Å². The molecule has 1 aromatic carbocycles. The van der Waals surface area contributed by atoms with Gasteiger partial charge in [-0.2, -0.15) is 0 Å². The number of aryl methyl sites for hydroxylation is 1. The maximum atomic E-state index is 14.0. The molecule has 0 bridgehead atoms. The first-order valence-corrected chi connectivity index (χ1v) is 6.31. The van der Waals surface area contributed by atoms with Gasteiger partial charge in [0.15, 0.2) is 5.82 Å². The minimum absolute atomic E-state index is 0.00500. The third-order valence-corrected chi connectivity index (χ3v) is 3.22. The highest BCUT2D eigenvalue weighted by Crippen LogP contribution is 2.32. The molecule has 0 saturated heterocycles. The van der Waals surface area contributed by atoms with Crippen molar-refractivity contribution >= 4 is 32.5 Å². The van der Waals surface area contributed by atoms with Crippen LogP contribution in [0.1, 0.15) is 19.0 Å². The topological polar surface area (TPSA) is 50.9 Å². The van der Waals surface area contributed by atoms with Gasteiger partial charge in [0.25, 0.3) is 0 Å². The Morgan fingerprint density at radius 1 is 1.39 bits per heavy atom. The molecule has 0 unspecified atom stereocenters. The molecule has 0 amide bonds. The number of nitrogen functional groups attached to an aromatic ring is 1. The van der Waals surface area contributed by atoms with Gasteiger partial charge >= 0.3 is 0 Å². The van der Waals surface area contributed by atoms with Crippen LogP contribution >= 0.6 is 15.9 Å². The molecule has 1 aromatic heterocycles. The number of halogens is 3. The average Bonchev–Trinajstić information content (AvgIpc) is 2.35. The van der Waals surface area contributed by atoms with E-state index in [4.69, 9.17) is 5.84 Å². The first-order valence-electron chi connectivity index (χ1n) is 5.52. The summed E-state index contributed by atoms with van der Waals surface area (Å²) in [7, 11) is 0. The van der Waals surface area contributed by atoms with Gasteiger partial charge in [0.05, 0.1) is 15.5 Å². The molecule has 0 aliphatic heterocycles. The number of fused-ring (bicyclic) bond motifs is 1. The average molecular weight is 316 g/mol. The summed E-state index contributed by atoms with van der Waals surface area (Å²) < 4.78 is 27.9. The van der Waals surface area contributed by atoms with E-state index in [0.29, 0.717) is 17.8 Å². The van der Waals surface area contributed by atoms with Crippen molar-refractivity contribution in [3.05, 3.63) is 33.9 Å². The van der Waals surface area contributed by atoms with Gasteiger partial charge in [-0.15, -0.1) is 0 Å². The van der Waals surface area contributed by atoms with Crippen LogP contribution in [0, 0.1) is 11.6 Å². The van der Waals surface area contributed by atoms with Gasteiger partial charge in [-0.1, -0.05) is 13.3 Å². The van der Waals surface area contributed by atoms with E-state index in [2.05, 4.69) is 26.3 Å². The molecule has 0 fully saturated rings. The Hall–Kier alpha value is -1.27. The number of aromatic nitrogens is 1. The molecule has 0 radical (unpaired) electrons. The van der Waals surface area contributed by atoms with Crippen LogP contribution in [0.3, 0.4) is 0 Å². The van der Waals surface area contributed by atoms with E-state index in [0.717, 1.165) is 12.5 Å². The quantitative estimate of drug-likeness (QED) is 0.517. The highest BCUT2D eigenvalue weighted by Gasteiger charge is 2.16. The molecule has 2 aromatic rings. The van der Waals surface area contributed by atoms with Crippen LogP contribution in [0.5, 0.6) is 0 Å². The molecular weight excluding hydrogens is 304 g/mol. The summed E-state index contributed by atoms with van der Waals surface area (Å²) in [5, 5.41) is 0.0595. The van der Waals surface area contributed by atoms with Crippen molar-refractivity contribution in [1.82, 2.24) is 4.98 Å². The van der Waals surface area contributed by atoms with Crippen LogP contribution in [-0.2, 0) is 6.42 Å². The molecule has 0 aliphatic carbocycles. The van der Waals surface area contributed by atoms with Gasteiger partial charge < -0.3 is 5.43 Å². The second-order valence-corrected chi connectivity index (χ2v) is 4.79. The van der Waals surface area contributed by atoms with Crippen molar-refractivity contribution < 1.29 is 8.78 Å². The molecule has 0 atom stereocenters. The second kappa shape index (κ2) is 5.16. The molecule has 2 rings (SSSR count). The van der Waals surface area contributed by atoms with E-state index in [1.54, 1.807) is 6.07 Å². The Balaban J connectivity index is 2.82. The molecule has 1 heterocycles. The van der Waals surface area contributed by atoms with Crippen molar-refractivity contribution in [2.45, 2.75) is 19.8 Å². The van der Waals surface area contributed by atoms with Crippen molar-refractivity contribution in [1.29, 1.82) is 0 Å². The predicted octanol–water partition coefficient (Wildman–Crippen LogP) is 3.51. The molecule has 6 heteroatoms. The summed E-state index contributed by atoms with van der Waals surface area (Å²) in [6, 6.07) is 2.71. The van der Waals surface area contributed by atoms with E-state index < -0.39 is 11.6 Å². The largest absolute Gasteiger partial charge is 0.323 e. The lowest BCUT2D eigenvalue weighted by Gasteiger charge is -2.11. The molecule has 0 spiro atoms. The van der Waals surface area contributed by atoms with Crippen LogP contribution < -0.4 is 11.3 Å². The van der Waals surface area contributed by atoms with Gasteiger partial charge in [0.2, 0.25) is 0 Å². The molecular formula is C12H12BrF2N3. The fraction of sp³-hybridized carbons (Fsp3) is 0.250. The van der Waals surface area contributed by atoms with Crippen LogP contribution in [0.4, 0.5) is 14.5 Å². The summed E-state index contributed by atoms with van der Waals surface area (Å²) in [6.45, 7) is 1.99. The van der Waals surface area contributed by atoms with Crippen LogP contribution in [-0.4, -0.2) is 4.98 Å². The standard InChI is InChI=1S/C12H12BrF2N3/c1-2-3-6-4-9(18-16)10-11(15)7(13)5-8(14)12(10)17-6/h4-5H,2-3,16H2,1H3,(H,17,18). The SMILES string of the molecule is CCCc1cc(NN)c2c(F)c(Br)cc(F)c2n1. The summed E-state index contributed by atoms with van der Waals surface area (Å²) >= 11 is 2.97. The fourth-order valence-electron chi connectivity index (χ4n) is 1.85. The number of nitrogens with two attached hydrogens (primary N) is 1. The van der Waals surface area contributed by atoms with E-state index in [-0.39, 0.29) is 15.4 Å². The van der Waals surface area contributed by atoms with Crippen molar-refractivity contribution in [3.8, 4) is 0 Å². The molecule has 96 valence electrons. The number of benzene rings is 1. The number of anilines is 1. The van der Waals surface area contributed by atoms with Crippen molar-refractivity contribution in [3.63, 3.8) is 0 Å². The Bertz CT molecular complexity index is 602. The number of pyridine rings is 1. The summed E-state index contributed by atoms with van der Waals surface area (Å²) in [6.07, 6.45) is 1.55. The van der Waals surface area contributed by atoms with Gasteiger partial charge in [0.1, 0.15) is 11.3 Å². The second-order valence-electron chi connectivity index (χ2n) is 3.93. The van der Waals surface area contributed by atoms with E-state index in [1.807, 2.05) is 6.92 Å². The van der Waals surface area contributed by atoms with E-state index >= 15 is 0 Å². The number of hydrazine groups is 1. The van der Waals surface area contributed by atoms with Crippen molar-refractivity contribution in [2.75, 3.05) is 5.43 Å². The fourth-order valence-corrected chi connectivity index (χ4v) is 2.25. The van der Waals surface area contributed by atoms with Crippen LogP contribution in [0.25, 0.3) is 10.9 Å². The lowest BCUT2D eigenvalue weighted by atomic mass is 10.1. The van der Waals surface area contributed by atoms with Crippen LogP contribution in [0.2, 0.25) is 0 Å². The van der Waals surface area contributed by atoms with Gasteiger partial charge in [0, 0.05) is 5.69 Å². The Morgan fingerprint density at radius 3 is 2.72 bits per heavy atom. The smallest absolute Gasteiger partial charge is 0.150 e. The number of rotatable bonds is 3. The predicted molar refractivity (Wildman–Crippen MR) is 71.2 cm³/mol. The summed E-state index contributed by atoms with van der Waals surface area (Å²) in [5.74, 6) is 4.22. The Kier molecular flexibility index (Phi) is 3.77. The number of nitrogens with one attached hydrogen (secondary N) is 1. The molecule has 3 nitrogen and oxygen atoms in total. The third kappa shape index (κ3) is 2.18. The summed E-state index contributed by atoms with van der Waals surface area (Å²) in [5.41, 5.74) is 3.41. The zero-order chi connectivity index (χ0) is 13.3. The Labute approximate surface area is 111 Å². The van der Waals surface area contributed by atoms with Gasteiger partial charge in [-0.05, 0) is 34.5 Å². The third-order valence-electron chi connectivity index (χ3n) is 2.64. The minimum Gasteiger partial charge on any atom is -0.323 e. The molecule has 0 aliphatic rings. The lowest BCUT2D eigenvalue weighted by molar-refractivity contribution is 0.609. The van der Waals surface area contributed by atoms with E-state index in [9.17, 15) is 8.78 Å². The minimum atomic E-state index is -0.576. The normalized spacial score (nSPS) is 10.9. The maximum absolute atomic E-state index is 14.0. The first-order chi connectivity index (χ1) is 8.58. The highest BCUT2D eigenvalue weighted by molar-refractivity contribution is 9.10. The Morgan fingerprint density at radius 2 is 2.11 bits per heavy atom. The van der Waals surface area contributed by atoms with Gasteiger partial charge in [-0.3, -0.25) is 5.84 Å². The zero-order valence-corrected chi connectivity index (χ0v) is 11.3. The first kappa shape index (κ1) is 13.2. The maximum Gasteiger partial charge on any atom is 0.150 e. The number of hydrogen-bond donors (Lipinski definition) is 2. The highest BCUT2D eigenvalue weighted by atomic mass is 79.9.